The van der Waals surface area contributed by atoms with Crippen LogP contribution in [0.1, 0.15) is 18.4 Å². The van der Waals surface area contributed by atoms with Crippen molar-refractivity contribution in [2.75, 3.05) is 6.61 Å². The van der Waals surface area contributed by atoms with Gasteiger partial charge in [-0.2, -0.15) is 0 Å². The molecule has 142 valence electrons. The van der Waals surface area contributed by atoms with Gasteiger partial charge in [0, 0.05) is 12.1 Å². The molecule has 0 radical (unpaired) electrons. The van der Waals surface area contributed by atoms with Crippen molar-refractivity contribution in [1.29, 1.82) is 0 Å². The van der Waals surface area contributed by atoms with Gasteiger partial charge in [-0.05, 0) is 50.1 Å². The third-order valence-corrected chi connectivity index (χ3v) is 5.11. The van der Waals surface area contributed by atoms with Crippen LogP contribution in [-0.4, -0.2) is 16.2 Å². The van der Waals surface area contributed by atoms with Gasteiger partial charge in [-0.3, -0.25) is 0 Å². The first-order chi connectivity index (χ1) is 13.7. The fraction of sp³-hybridized carbons (Fsp3) is 0.208. The van der Waals surface area contributed by atoms with Gasteiger partial charge in [-0.1, -0.05) is 59.6 Å². The number of aryl methyl sites for hydroxylation is 2. The summed E-state index contributed by atoms with van der Waals surface area (Å²) in [7, 11) is 0. The third-order valence-electron chi connectivity index (χ3n) is 4.80. The number of unbranched alkanes of at least 4 members (excludes halogenated alkanes) is 1. The lowest BCUT2D eigenvalue weighted by molar-refractivity contribution is 0.304. The number of para-hydroxylation sites is 3. The molecule has 0 aliphatic heterocycles. The molecule has 0 spiro atoms. The maximum absolute atomic E-state index is 6.15. The smallest absolute Gasteiger partial charge is 0.141 e. The van der Waals surface area contributed by atoms with Crippen LogP contribution in [-0.2, 0) is 6.54 Å². The molecule has 0 saturated carbocycles. The minimum atomic E-state index is 0.649. The van der Waals surface area contributed by atoms with Crippen LogP contribution in [0, 0.1) is 6.92 Å². The van der Waals surface area contributed by atoms with E-state index in [4.69, 9.17) is 21.3 Å². The molecule has 1 aromatic heterocycles. The average Bonchev–Trinajstić information content (AvgIpc) is 3.08. The lowest BCUT2D eigenvalue weighted by Crippen LogP contribution is -2.04. The van der Waals surface area contributed by atoms with E-state index in [2.05, 4.69) is 54.0 Å². The summed E-state index contributed by atoms with van der Waals surface area (Å²) < 4.78 is 8.14. The van der Waals surface area contributed by atoms with Gasteiger partial charge in [0.25, 0.3) is 0 Å². The number of halogens is 1. The molecule has 0 amide bonds. The van der Waals surface area contributed by atoms with Crippen molar-refractivity contribution in [3.05, 3.63) is 83.4 Å². The van der Waals surface area contributed by atoms with Crippen molar-refractivity contribution in [2.24, 2.45) is 0 Å². The van der Waals surface area contributed by atoms with Crippen molar-refractivity contribution in [2.45, 2.75) is 26.3 Å². The first-order valence-corrected chi connectivity index (χ1v) is 10.00. The minimum Gasteiger partial charge on any atom is -0.492 e. The number of benzene rings is 3. The van der Waals surface area contributed by atoms with Crippen LogP contribution in [0.5, 0.6) is 5.75 Å². The Balaban J connectivity index is 1.48. The van der Waals surface area contributed by atoms with Gasteiger partial charge in [0.2, 0.25) is 0 Å². The molecular formula is C24H23ClN2O. The maximum Gasteiger partial charge on any atom is 0.141 e. The van der Waals surface area contributed by atoms with E-state index in [0.717, 1.165) is 42.0 Å². The van der Waals surface area contributed by atoms with Gasteiger partial charge in [0.15, 0.2) is 0 Å². The molecule has 0 aliphatic carbocycles. The average molecular weight is 391 g/mol. The highest BCUT2D eigenvalue weighted by molar-refractivity contribution is 6.32. The third kappa shape index (κ3) is 4.05. The Morgan fingerprint density at radius 1 is 0.929 bits per heavy atom. The number of rotatable bonds is 7. The molecule has 0 atom stereocenters. The topological polar surface area (TPSA) is 27.1 Å². The van der Waals surface area contributed by atoms with Gasteiger partial charge >= 0.3 is 0 Å². The molecule has 28 heavy (non-hydrogen) atoms. The number of aromatic nitrogens is 2. The second kappa shape index (κ2) is 8.49. The number of hydrogen-bond acceptors (Lipinski definition) is 2. The quantitative estimate of drug-likeness (QED) is 0.335. The van der Waals surface area contributed by atoms with Crippen molar-refractivity contribution >= 4 is 22.6 Å². The number of imidazole rings is 1. The fourth-order valence-electron chi connectivity index (χ4n) is 3.42. The van der Waals surface area contributed by atoms with Crippen molar-refractivity contribution < 1.29 is 4.74 Å². The first-order valence-electron chi connectivity index (χ1n) is 9.62. The second-order valence-corrected chi connectivity index (χ2v) is 7.34. The Bertz CT molecular complexity index is 1090. The Kier molecular flexibility index (Phi) is 5.63. The number of fused-ring (bicyclic) bond motifs is 1. The molecule has 0 aliphatic rings. The Hall–Kier alpha value is -2.78. The summed E-state index contributed by atoms with van der Waals surface area (Å²) in [5.74, 6) is 1.77. The predicted octanol–water partition coefficient (Wildman–Crippen LogP) is 6.52. The SMILES string of the molecule is Cc1cccc(-c2nc3ccccc3n2CCCCOc2ccccc2Cl)c1. The van der Waals surface area contributed by atoms with Crippen LogP contribution in [0.4, 0.5) is 0 Å². The van der Waals surface area contributed by atoms with Gasteiger partial charge in [-0.15, -0.1) is 0 Å². The minimum absolute atomic E-state index is 0.649. The molecule has 0 unspecified atom stereocenters. The zero-order chi connectivity index (χ0) is 19.3. The number of hydrogen-bond donors (Lipinski definition) is 0. The molecule has 1 heterocycles. The summed E-state index contributed by atoms with van der Waals surface area (Å²) in [6.45, 7) is 3.66. The zero-order valence-electron chi connectivity index (χ0n) is 15.9. The highest BCUT2D eigenvalue weighted by atomic mass is 35.5. The summed E-state index contributed by atoms with van der Waals surface area (Å²) in [5.41, 5.74) is 4.60. The summed E-state index contributed by atoms with van der Waals surface area (Å²) in [6.07, 6.45) is 1.95. The summed E-state index contributed by atoms with van der Waals surface area (Å²) >= 11 is 6.15. The standard InChI is InChI=1S/C24H23ClN2O/c1-18-9-8-10-19(17-18)24-26-21-12-3-4-13-22(21)27(24)15-6-7-16-28-23-14-5-2-11-20(23)25/h2-5,8-14,17H,6-7,15-16H2,1H3. The molecule has 3 nitrogen and oxygen atoms in total. The van der Waals surface area contributed by atoms with E-state index in [1.807, 2.05) is 30.3 Å². The molecular weight excluding hydrogens is 368 g/mol. The van der Waals surface area contributed by atoms with Crippen molar-refractivity contribution in [1.82, 2.24) is 9.55 Å². The maximum atomic E-state index is 6.15. The largest absolute Gasteiger partial charge is 0.492 e. The molecule has 0 bridgehead atoms. The molecule has 0 saturated heterocycles. The molecule has 0 N–H and O–H groups in total. The highest BCUT2D eigenvalue weighted by Gasteiger charge is 2.12. The van der Waals surface area contributed by atoms with Gasteiger partial charge in [0.05, 0.1) is 22.7 Å². The zero-order valence-corrected chi connectivity index (χ0v) is 16.7. The van der Waals surface area contributed by atoms with Crippen LogP contribution in [0.25, 0.3) is 22.4 Å². The first kappa shape index (κ1) is 18.6. The number of nitrogens with zero attached hydrogens (tertiary/aromatic N) is 2. The van der Waals surface area contributed by atoms with Crippen molar-refractivity contribution in [3.63, 3.8) is 0 Å². The fourth-order valence-corrected chi connectivity index (χ4v) is 3.61. The lowest BCUT2D eigenvalue weighted by atomic mass is 10.1. The van der Waals surface area contributed by atoms with E-state index in [9.17, 15) is 0 Å². The van der Waals surface area contributed by atoms with E-state index in [-0.39, 0.29) is 0 Å². The van der Waals surface area contributed by atoms with Crippen LogP contribution in [0.15, 0.2) is 72.8 Å². The summed E-state index contributed by atoms with van der Waals surface area (Å²) in [4.78, 5) is 4.90. The van der Waals surface area contributed by atoms with Gasteiger partial charge in [-0.25, -0.2) is 4.98 Å². The second-order valence-electron chi connectivity index (χ2n) is 6.93. The van der Waals surface area contributed by atoms with Gasteiger partial charge in [0.1, 0.15) is 11.6 Å². The Morgan fingerprint density at radius 2 is 1.75 bits per heavy atom. The molecule has 0 fully saturated rings. The van der Waals surface area contributed by atoms with Crippen LogP contribution >= 0.6 is 11.6 Å². The molecule has 4 rings (SSSR count). The highest BCUT2D eigenvalue weighted by Crippen LogP contribution is 2.26. The lowest BCUT2D eigenvalue weighted by Gasteiger charge is -2.11. The Labute approximate surface area is 170 Å². The summed E-state index contributed by atoms with van der Waals surface area (Å²) in [6, 6.07) is 24.5. The molecule has 3 aromatic carbocycles. The molecule has 4 heteroatoms. The van der Waals surface area contributed by atoms with Crippen molar-refractivity contribution in [3.8, 4) is 17.1 Å². The summed E-state index contributed by atoms with van der Waals surface area (Å²) in [5, 5.41) is 0.657. The van der Waals surface area contributed by atoms with E-state index in [1.165, 1.54) is 11.1 Å². The molecule has 4 aromatic rings. The monoisotopic (exact) mass is 390 g/mol. The predicted molar refractivity (Wildman–Crippen MR) is 116 cm³/mol. The van der Waals surface area contributed by atoms with Crippen LogP contribution in [0.2, 0.25) is 5.02 Å². The van der Waals surface area contributed by atoms with E-state index >= 15 is 0 Å². The van der Waals surface area contributed by atoms with Crippen LogP contribution < -0.4 is 4.74 Å². The Morgan fingerprint density at radius 3 is 2.61 bits per heavy atom. The number of ether oxygens (including phenoxy) is 1. The van der Waals surface area contributed by atoms with Crippen LogP contribution in [0.3, 0.4) is 0 Å². The van der Waals surface area contributed by atoms with E-state index < -0.39 is 0 Å². The van der Waals surface area contributed by atoms with E-state index in [0.29, 0.717) is 11.6 Å². The normalized spacial score (nSPS) is 11.1. The van der Waals surface area contributed by atoms with Gasteiger partial charge < -0.3 is 9.30 Å². The van der Waals surface area contributed by atoms with E-state index in [1.54, 1.807) is 0 Å².